The minimum atomic E-state index is -0.429. The zero-order valence-electron chi connectivity index (χ0n) is 5.75. The third kappa shape index (κ3) is 1.58. The molecule has 0 spiro atoms. The second kappa shape index (κ2) is 2.51. The van der Waals surface area contributed by atoms with Crippen LogP contribution in [0.1, 0.15) is 12.7 Å². The third-order valence-electron chi connectivity index (χ3n) is 0.831. The maximum absolute atomic E-state index is 10.3. The van der Waals surface area contributed by atoms with Crippen molar-refractivity contribution in [3.63, 3.8) is 0 Å². The summed E-state index contributed by atoms with van der Waals surface area (Å²) >= 11 is 0. The largest absolute Gasteiger partial charge is 0.414 e. The Bertz CT molecular complexity index is 241. The Morgan fingerprint density at radius 1 is 1.80 bits per heavy atom. The zero-order valence-corrected chi connectivity index (χ0v) is 5.75. The van der Waals surface area contributed by atoms with E-state index in [0.717, 1.165) is 0 Å². The second-order valence-electron chi connectivity index (χ2n) is 1.83. The third-order valence-corrected chi connectivity index (χ3v) is 0.831. The van der Waals surface area contributed by atoms with Gasteiger partial charge in [0.1, 0.15) is 5.76 Å². The van der Waals surface area contributed by atoms with E-state index in [9.17, 15) is 4.79 Å². The first kappa shape index (κ1) is 6.80. The summed E-state index contributed by atoms with van der Waals surface area (Å²) in [4.78, 5) is 13.9. The van der Waals surface area contributed by atoms with Crippen molar-refractivity contribution in [1.82, 2.24) is 4.98 Å². The number of rotatable bonds is 1. The van der Waals surface area contributed by atoms with Gasteiger partial charge in [-0.25, -0.2) is 0 Å². The molecule has 0 aromatic carbocycles. The second-order valence-corrected chi connectivity index (χ2v) is 1.83. The Balaban J connectivity index is 2.67. The van der Waals surface area contributed by atoms with Crippen LogP contribution in [0.3, 0.4) is 0 Å². The Morgan fingerprint density at radius 2 is 2.50 bits per heavy atom. The molecule has 0 aliphatic heterocycles. The van der Waals surface area contributed by atoms with Crippen molar-refractivity contribution in [2.75, 3.05) is 0 Å². The van der Waals surface area contributed by atoms with Crippen LogP contribution in [-0.4, -0.2) is 11.0 Å². The summed E-state index contributed by atoms with van der Waals surface area (Å²) in [7, 11) is 0. The van der Waals surface area contributed by atoms with Crippen molar-refractivity contribution in [1.29, 1.82) is 0 Å². The lowest BCUT2D eigenvalue weighted by molar-refractivity contribution is -0.133. The highest BCUT2D eigenvalue weighted by Crippen LogP contribution is 2.09. The molecule has 0 bridgehead atoms. The molecule has 4 nitrogen and oxygen atoms in total. The van der Waals surface area contributed by atoms with Crippen LogP contribution in [0.25, 0.3) is 0 Å². The smallest absolute Gasteiger partial charge is 0.401 e. The highest BCUT2D eigenvalue weighted by molar-refractivity contribution is 5.68. The molecular formula is C6H7NO3. The van der Waals surface area contributed by atoms with Gasteiger partial charge in [0.2, 0.25) is 0 Å². The lowest BCUT2D eigenvalue weighted by atomic mass is 10.6. The summed E-state index contributed by atoms with van der Waals surface area (Å²) < 4.78 is 9.36. The molecule has 1 heterocycles. The standard InChI is InChI=1S/C6H7NO3/c1-4-3-7-6(9-4)10-5(2)8/h3H,1-2H3. The van der Waals surface area contributed by atoms with Gasteiger partial charge in [-0.15, -0.1) is 0 Å². The minimum absolute atomic E-state index is 0.00463. The summed E-state index contributed by atoms with van der Waals surface area (Å²) in [5.41, 5.74) is 0. The normalized spacial score (nSPS) is 9.40. The predicted octanol–water partition coefficient (Wildman–Crippen LogP) is 0.908. The molecule has 0 N–H and O–H groups in total. The molecule has 10 heavy (non-hydrogen) atoms. The summed E-state index contributed by atoms with van der Waals surface area (Å²) in [6.45, 7) is 3.01. The molecule has 0 saturated carbocycles. The van der Waals surface area contributed by atoms with Crippen LogP contribution in [0.2, 0.25) is 0 Å². The number of oxazole rings is 1. The molecule has 0 aliphatic rings. The first-order valence-corrected chi connectivity index (χ1v) is 2.79. The van der Waals surface area contributed by atoms with Gasteiger partial charge in [0.05, 0.1) is 6.20 Å². The van der Waals surface area contributed by atoms with Gasteiger partial charge in [-0.05, 0) is 6.92 Å². The number of aryl methyl sites for hydroxylation is 1. The van der Waals surface area contributed by atoms with Crippen molar-refractivity contribution in [3.05, 3.63) is 12.0 Å². The SMILES string of the molecule is CC(=O)Oc1ncc(C)o1. The van der Waals surface area contributed by atoms with E-state index in [1.807, 2.05) is 0 Å². The number of carbonyl (C=O) groups is 1. The number of esters is 1. The van der Waals surface area contributed by atoms with Crippen molar-refractivity contribution in [2.24, 2.45) is 0 Å². The molecule has 0 aliphatic carbocycles. The molecule has 0 amide bonds. The Kier molecular flexibility index (Phi) is 1.71. The molecule has 54 valence electrons. The molecule has 1 aromatic rings. The number of ether oxygens (including phenoxy) is 1. The first-order chi connectivity index (χ1) is 4.68. The van der Waals surface area contributed by atoms with Crippen molar-refractivity contribution >= 4 is 5.97 Å². The molecular weight excluding hydrogens is 134 g/mol. The number of hydrogen-bond acceptors (Lipinski definition) is 4. The van der Waals surface area contributed by atoms with Crippen molar-refractivity contribution in [2.45, 2.75) is 13.8 Å². The summed E-state index contributed by atoms with van der Waals surface area (Å²) in [6, 6.07) is 0. The van der Waals surface area contributed by atoms with Gasteiger partial charge in [-0.3, -0.25) is 4.79 Å². The van der Waals surface area contributed by atoms with Gasteiger partial charge in [0.25, 0.3) is 0 Å². The Hall–Kier alpha value is -1.32. The number of hydrogen-bond donors (Lipinski definition) is 0. The number of aromatic nitrogens is 1. The van der Waals surface area contributed by atoms with Crippen LogP contribution in [0.15, 0.2) is 10.6 Å². The topological polar surface area (TPSA) is 52.3 Å². The van der Waals surface area contributed by atoms with Crippen LogP contribution in [0.5, 0.6) is 6.08 Å². The van der Waals surface area contributed by atoms with Crippen LogP contribution in [0.4, 0.5) is 0 Å². The van der Waals surface area contributed by atoms with Crippen LogP contribution in [-0.2, 0) is 4.79 Å². The molecule has 0 radical (unpaired) electrons. The van der Waals surface area contributed by atoms with Crippen molar-refractivity contribution < 1.29 is 13.9 Å². The van der Waals surface area contributed by atoms with E-state index in [1.165, 1.54) is 13.1 Å². The zero-order chi connectivity index (χ0) is 7.56. The van der Waals surface area contributed by atoms with E-state index >= 15 is 0 Å². The lowest BCUT2D eigenvalue weighted by Gasteiger charge is -1.89. The van der Waals surface area contributed by atoms with Gasteiger partial charge in [0, 0.05) is 6.92 Å². The monoisotopic (exact) mass is 141 g/mol. The van der Waals surface area contributed by atoms with E-state index in [2.05, 4.69) is 9.72 Å². The summed E-state index contributed by atoms with van der Waals surface area (Å²) in [5.74, 6) is 0.193. The van der Waals surface area contributed by atoms with E-state index in [-0.39, 0.29) is 6.08 Å². The van der Waals surface area contributed by atoms with Crippen LogP contribution >= 0.6 is 0 Å². The first-order valence-electron chi connectivity index (χ1n) is 2.79. The van der Waals surface area contributed by atoms with Gasteiger partial charge < -0.3 is 9.15 Å². The van der Waals surface area contributed by atoms with Gasteiger partial charge in [-0.2, -0.15) is 4.98 Å². The Morgan fingerprint density at radius 3 is 2.90 bits per heavy atom. The molecule has 1 rings (SSSR count). The van der Waals surface area contributed by atoms with Crippen molar-refractivity contribution in [3.8, 4) is 6.08 Å². The average molecular weight is 141 g/mol. The van der Waals surface area contributed by atoms with Crippen LogP contribution < -0.4 is 4.74 Å². The quantitative estimate of drug-likeness (QED) is 0.545. The summed E-state index contributed by atoms with van der Waals surface area (Å²) in [5, 5.41) is 0. The Labute approximate surface area is 57.8 Å². The highest BCUT2D eigenvalue weighted by Gasteiger charge is 2.02. The lowest BCUT2D eigenvalue weighted by Crippen LogP contribution is -2.00. The van der Waals surface area contributed by atoms with Gasteiger partial charge >= 0.3 is 12.0 Å². The van der Waals surface area contributed by atoms with Gasteiger partial charge in [0.15, 0.2) is 0 Å². The minimum Gasteiger partial charge on any atom is -0.414 e. The van der Waals surface area contributed by atoms with E-state index in [4.69, 9.17) is 4.42 Å². The maximum atomic E-state index is 10.3. The van der Waals surface area contributed by atoms with E-state index in [1.54, 1.807) is 6.92 Å². The predicted molar refractivity (Wildman–Crippen MR) is 32.5 cm³/mol. The highest BCUT2D eigenvalue weighted by atomic mass is 16.6. The fourth-order valence-electron chi connectivity index (χ4n) is 0.504. The molecule has 0 unspecified atom stereocenters. The fraction of sp³-hybridized carbons (Fsp3) is 0.333. The number of carbonyl (C=O) groups excluding carboxylic acids is 1. The van der Waals surface area contributed by atoms with Gasteiger partial charge in [-0.1, -0.05) is 0 Å². The molecule has 0 fully saturated rings. The average Bonchev–Trinajstić information content (AvgIpc) is 2.13. The molecule has 1 aromatic heterocycles. The molecule has 0 atom stereocenters. The molecule has 4 heteroatoms. The maximum Gasteiger partial charge on any atom is 0.401 e. The summed E-state index contributed by atoms with van der Waals surface area (Å²) in [6.07, 6.45) is 1.49. The number of nitrogens with zero attached hydrogens (tertiary/aromatic N) is 1. The molecule has 0 saturated heterocycles. The fourth-order valence-corrected chi connectivity index (χ4v) is 0.504. The van der Waals surface area contributed by atoms with Crippen LogP contribution in [0, 0.1) is 6.92 Å². The van der Waals surface area contributed by atoms with E-state index < -0.39 is 5.97 Å². The van der Waals surface area contributed by atoms with E-state index in [0.29, 0.717) is 5.76 Å².